The number of benzene rings is 1. The molecule has 0 fully saturated rings. The Labute approximate surface area is 134 Å². The molecule has 0 aliphatic carbocycles. The van der Waals surface area contributed by atoms with Crippen molar-refractivity contribution in [2.75, 3.05) is 5.32 Å². The summed E-state index contributed by atoms with van der Waals surface area (Å²) >= 11 is 0. The third-order valence-corrected chi connectivity index (χ3v) is 3.24. The van der Waals surface area contributed by atoms with Gasteiger partial charge in [-0.05, 0) is 35.9 Å². The molecule has 0 radical (unpaired) electrons. The van der Waals surface area contributed by atoms with Gasteiger partial charge < -0.3 is 10.6 Å². The molecule has 0 atom stereocenters. The lowest BCUT2D eigenvalue weighted by Crippen LogP contribution is -2.23. The van der Waals surface area contributed by atoms with Crippen molar-refractivity contribution in [3.63, 3.8) is 0 Å². The predicted octanol–water partition coefficient (Wildman–Crippen LogP) is 3.15. The van der Waals surface area contributed by atoms with Crippen LogP contribution < -0.4 is 10.6 Å². The van der Waals surface area contributed by atoms with Crippen LogP contribution in [0.15, 0.2) is 73.2 Å². The maximum absolute atomic E-state index is 12.2. The van der Waals surface area contributed by atoms with Crippen molar-refractivity contribution >= 4 is 17.4 Å². The van der Waals surface area contributed by atoms with E-state index in [1.807, 2.05) is 42.5 Å². The number of pyridine rings is 2. The number of hydrogen-bond donors (Lipinski definition) is 2. The van der Waals surface area contributed by atoms with Crippen molar-refractivity contribution < 1.29 is 4.79 Å². The van der Waals surface area contributed by atoms with E-state index in [4.69, 9.17) is 0 Å². The first-order chi connectivity index (χ1) is 11.3. The number of anilines is 2. The Hall–Kier alpha value is -3.21. The first kappa shape index (κ1) is 14.7. The molecule has 2 aromatic heterocycles. The Bertz CT molecular complexity index is 775. The lowest BCUT2D eigenvalue weighted by Gasteiger charge is -2.08. The number of carbonyl (C=O) groups is 1. The lowest BCUT2D eigenvalue weighted by atomic mass is 10.2. The summed E-state index contributed by atoms with van der Waals surface area (Å²) in [4.78, 5) is 20.5. The Kier molecular flexibility index (Phi) is 4.59. The minimum Gasteiger partial charge on any atom is -0.348 e. The van der Waals surface area contributed by atoms with Crippen LogP contribution in [0.1, 0.15) is 15.9 Å². The predicted molar refractivity (Wildman–Crippen MR) is 89.4 cm³/mol. The summed E-state index contributed by atoms with van der Waals surface area (Å²) in [5.74, 6) is 0.484. The molecule has 114 valence electrons. The van der Waals surface area contributed by atoms with Crippen LogP contribution in [-0.4, -0.2) is 15.9 Å². The maximum atomic E-state index is 12.2. The van der Waals surface area contributed by atoms with Gasteiger partial charge in [0.15, 0.2) is 0 Å². The van der Waals surface area contributed by atoms with E-state index in [9.17, 15) is 4.79 Å². The van der Waals surface area contributed by atoms with Gasteiger partial charge in [0.2, 0.25) is 0 Å². The van der Waals surface area contributed by atoms with E-state index in [-0.39, 0.29) is 5.91 Å². The number of para-hydroxylation sites is 1. The van der Waals surface area contributed by atoms with Crippen LogP contribution in [0.3, 0.4) is 0 Å². The van der Waals surface area contributed by atoms with Gasteiger partial charge in [0, 0.05) is 36.4 Å². The van der Waals surface area contributed by atoms with Crippen molar-refractivity contribution in [1.29, 1.82) is 0 Å². The van der Waals surface area contributed by atoms with Crippen molar-refractivity contribution in [1.82, 2.24) is 15.3 Å². The summed E-state index contributed by atoms with van der Waals surface area (Å²) in [6.45, 7) is 0.441. The summed E-state index contributed by atoms with van der Waals surface area (Å²) in [5, 5.41) is 6.04. The van der Waals surface area contributed by atoms with Crippen LogP contribution >= 0.6 is 0 Å². The summed E-state index contributed by atoms with van der Waals surface area (Å²) in [7, 11) is 0. The average Bonchev–Trinajstić information content (AvgIpc) is 2.62. The maximum Gasteiger partial charge on any atom is 0.251 e. The summed E-state index contributed by atoms with van der Waals surface area (Å²) in [6, 6.07) is 16.9. The average molecular weight is 304 g/mol. The molecular weight excluding hydrogens is 288 g/mol. The van der Waals surface area contributed by atoms with E-state index in [2.05, 4.69) is 20.6 Å². The number of nitrogens with one attached hydrogen (secondary N) is 2. The van der Waals surface area contributed by atoms with E-state index in [0.717, 1.165) is 11.3 Å². The zero-order chi connectivity index (χ0) is 15.9. The quantitative estimate of drug-likeness (QED) is 0.760. The molecule has 2 heterocycles. The standard InChI is InChI=1S/C18H16N4O/c23-18(21-13-14-5-4-9-19-12-14)15-8-10-20-17(11-15)22-16-6-2-1-3-7-16/h1-12H,13H2,(H,20,22)(H,21,23). The molecule has 0 aliphatic rings. The molecular formula is C18H16N4O. The molecule has 2 N–H and O–H groups in total. The molecule has 0 aliphatic heterocycles. The number of carbonyl (C=O) groups excluding carboxylic acids is 1. The molecule has 0 unspecified atom stereocenters. The highest BCUT2D eigenvalue weighted by Crippen LogP contribution is 2.14. The highest BCUT2D eigenvalue weighted by Gasteiger charge is 2.07. The van der Waals surface area contributed by atoms with Crippen LogP contribution in [0, 0.1) is 0 Å². The minimum atomic E-state index is -0.146. The van der Waals surface area contributed by atoms with Gasteiger partial charge in [-0.25, -0.2) is 4.98 Å². The van der Waals surface area contributed by atoms with E-state index in [0.29, 0.717) is 17.9 Å². The smallest absolute Gasteiger partial charge is 0.251 e. The normalized spacial score (nSPS) is 10.1. The van der Waals surface area contributed by atoms with E-state index in [1.165, 1.54) is 0 Å². The first-order valence-electron chi connectivity index (χ1n) is 7.26. The van der Waals surface area contributed by atoms with Crippen LogP contribution in [0.2, 0.25) is 0 Å². The van der Waals surface area contributed by atoms with Crippen LogP contribution in [0.5, 0.6) is 0 Å². The van der Waals surface area contributed by atoms with Gasteiger partial charge >= 0.3 is 0 Å². The molecule has 3 rings (SSSR count). The summed E-state index contributed by atoms with van der Waals surface area (Å²) in [5.41, 5.74) is 2.44. The number of aromatic nitrogens is 2. The summed E-state index contributed by atoms with van der Waals surface area (Å²) < 4.78 is 0. The second-order valence-corrected chi connectivity index (χ2v) is 4.96. The van der Waals surface area contributed by atoms with Crippen molar-refractivity contribution in [3.8, 4) is 0 Å². The van der Waals surface area contributed by atoms with Gasteiger partial charge in [0.1, 0.15) is 5.82 Å². The monoisotopic (exact) mass is 304 g/mol. The number of rotatable bonds is 5. The van der Waals surface area contributed by atoms with Crippen molar-refractivity contribution in [2.45, 2.75) is 6.54 Å². The minimum absolute atomic E-state index is 0.146. The van der Waals surface area contributed by atoms with Gasteiger partial charge in [-0.3, -0.25) is 9.78 Å². The second-order valence-electron chi connectivity index (χ2n) is 4.96. The molecule has 5 nitrogen and oxygen atoms in total. The zero-order valence-electron chi connectivity index (χ0n) is 12.4. The van der Waals surface area contributed by atoms with Gasteiger partial charge in [-0.2, -0.15) is 0 Å². The van der Waals surface area contributed by atoms with E-state index in [1.54, 1.807) is 30.7 Å². The molecule has 23 heavy (non-hydrogen) atoms. The zero-order valence-corrected chi connectivity index (χ0v) is 12.4. The Balaban J connectivity index is 1.65. The topological polar surface area (TPSA) is 66.9 Å². The molecule has 0 bridgehead atoms. The fraction of sp³-hybridized carbons (Fsp3) is 0.0556. The third-order valence-electron chi connectivity index (χ3n) is 3.24. The largest absolute Gasteiger partial charge is 0.348 e. The fourth-order valence-corrected chi connectivity index (χ4v) is 2.10. The summed E-state index contributed by atoms with van der Waals surface area (Å²) in [6.07, 6.45) is 5.05. The van der Waals surface area contributed by atoms with Crippen molar-refractivity contribution in [2.24, 2.45) is 0 Å². The Morgan fingerprint density at radius 3 is 2.65 bits per heavy atom. The van der Waals surface area contributed by atoms with Gasteiger partial charge in [-0.15, -0.1) is 0 Å². The number of hydrogen-bond acceptors (Lipinski definition) is 4. The molecule has 1 aromatic carbocycles. The SMILES string of the molecule is O=C(NCc1cccnc1)c1ccnc(Nc2ccccc2)c1. The van der Waals surface area contributed by atoms with Crippen LogP contribution in [-0.2, 0) is 6.54 Å². The van der Waals surface area contributed by atoms with Gasteiger partial charge in [0.05, 0.1) is 0 Å². The molecule has 0 saturated carbocycles. The van der Waals surface area contributed by atoms with Gasteiger partial charge in [0.25, 0.3) is 5.91 Å². The lowest BCUT2D eigenvalue weighted by molar-refractivity contribution is 0.0951. The van der Waals surface area contributed by atoms with Crippen LogP contribution in [0.4, 0.5) is 11.5 Å². The second kappa shape index (κ2) is 7.17. The number of amides is 1. The Morgan fingerprint density at radius 1 is 1.00 bits per heavy atom. The Morgan fingerprint density at radius 2 is 1.87 bits per heavy atom. The van der Waals surface area contributed by atoms with E-state index >= 15 is 0 Å². The van der Waals surface area contributed by atoms with Gasteiger partial charge in [-0.1, -0.05) is 24.3 Å². The molecule has 0 spiro atoms. The van der Waals surface area contributed by atoms with Crippen LogP contribution in [0.25, 0.3) is 0 Å². The van der Waals surface area contributed by atoms with E-state index < -0.39 is 0 Å². The highest BCUT2D eigenvalue weighted by molar-refractivity contribution is 5.94. The molecule has 3 aromatic rings. The molecule has 1 amide bonds. The molecule has 5 heteroatoms. The third kappa shape index (κ3) is 4.14. The van der Waals surface area contributed by atoms with Crippen molar-refractivity contribution in [3.05, 3.63) is 84.3 Å². The fourth-order valence-electron chi connectivity index (χ4n) is 2.10. The highest BCUT2D eigenvalue weighted by atomic mass is 16.1. The number of nitrogens with zero attached hydrogens (tertiary/aromatic N) is 2. The molecule has 0 saturated heterocycles. The first-order valence-corrected chi connectivity index (χ1v) is 7.26.